The SMILES string of the molecule is CC(C)(C)OC(=O)N1CC2(CCN(CC3CCC(O)CC3)CC2)C1. The summed E-state index contributed by atoms with van der Waals surface area (Å²) in [5.41, 5.74) is -0.0626. The summed E-state index contributed by atoms with van der Waals surface area (Å²) in [7, 11) is 0. The fourth-order valence-corrected chi connectivity index (χ4v) is 4.44. The van der Waals surface area contributed by atoms with Crippen LogP contribution in [0.3, 0.4) is 0 Å². The van der Waals surface area contributed by atoms with Gasteiger partial charge in [-0.05, 0) is 78.3 Å². The van der Waals surface area contributed by atoms with Gasteiger partial charge in [0, 0.05) is 25.0 Å². The summed E-state index contributed by atoms with van der Waals surface area (Å²) in [5.74, 6) is 0.766. The smallest absolute Gasteiger partial charge is 0.410 e. The Morgan fingerprint density at radius 3 is 2.25 bits per heavy atom. The first-order chi connectivity index (χ1) is 11.2. The number of carbonyl (C=O) groups is 1. The van der Waals surface area contributed by atoms with Gasteiger partial charge in [0.2, 0.25) is 0 Å². The quantitative estimate of drug-likeness (QED) is 0.841. The van der Waals surface area contributed by atoms with Gasteiger partial charge >= 0.3 is 6.09 Å². The highest BCUT2D eigenvalue weighted by atomic mass is 16.6. The van der Waals surface area contributed by atoms with Gasteiger partial charge in [0.1, 0.15) is 5.60 Å². The van der Waals surface area contributed by atoms with Crippen LogP contribution in [0.2, 0.25) is 0 Å². The molecule has 5 heteroatoms. The molecule has 1 N–H and O–H groups in total. The molecule has 138 valence electrons. The van der Waals surface area contributed by atoms with Crippen molar-refractivity contribution >= 4 is 6.09 Å². The Hall–Kier alpha value is -0.810. The van der Waals surface area contributed by atoms with Crippen LogP contribution in [0.25, 0.3) is 0 Å². The van der Waals surface area contributed by atoms with Crippen molar-refractivity contribution in [3.63, 3.8) is 0 Å². The molecule has 0 atom stereocenters. The van der Waals surface area contributed by atoms with Crippen molar-refractivity contribution in [3.05, 3.63) is 0 Å². The molecule has 0 aromatic rings. The number of amides is 1. The van der Waals surface area contributed by atoms with Crippen molar-refractivity contribution in [1.82, 2.24) is 9.80 Å². The van der Waals surface area contributed by atoms with Crippen LogP contribution in [-0.2, 0) is 4.74 Å². The maximum atomic E-state index is 12.1. The summed E-state index contributed by atoms with van der Waals surface area (Å²) < 4.78 is 5.46. The fraction of sp³-hybridized carbons (Fsp3) is 0.947. The Morgan fingerprint density at radius 2 is 1.71 bits per heavy atom. The van der Waals surface area contributed by atoms with Gasteiger partial charge in [-0.3, -0.25) is 0 Å². The molecular weight excluding hydrogens is 304 g/mol. The maximum absolute atomic E-state index is 12.1. The first-order valence-corrected chi connectivity index (χ1v) is 9.63. The highest BCUT2D eigenvalue weighted by molar-refractivity contribution is 5.69. The van der Waals surface area contributed by atoms with Crippen LogP contribution < -0.4 is 0 Å². The Kier molecular flexibility index (Phi) is 5.12. The number of likely N-dealkylation sites (tertiary alicyclic amines) is 2. The third kappa shape index (κ3) is 4.42. The molecule has 3 aliphatic rings. The van der Waals surface area contributed by atoms with Crippen LogP contribution in [0, 0.1) is 11.3 Å². The summed E-state index contributed by atoms with van der Waals surface area (Å²) in [6, 6.07) is 0. The topological polar surface area (TPSA) is 53.0 Å². The third-order valence-corrected chi connectivity index (χ3v) is 5.95. The van der Waals surface area contributed by atoms with E-state index in [1.807, 2.05) is 25.7 Å². The second-order valence-corrected chi connectivity index (χ2v) is 9.31. The predicted octanol–water partition coefficient (Wildman–Crippen LogP) is 2.87. The van der Waals surface area contributed by atoms with Crippen molar-refractivity contribution in [1.29, 1.82) is 0 Å². The van der Waals surface area contributed by atoms with Gasteiger partial charge in [0.25, 0.3) is 0 Å². The van der Waals surface area contributed by atoms with Gasteiger partial charge in [-0.15, -0.1) is 0 Å². The molecule has 1 spiro atoms. The van der Waals surface area contributed by atoms with Crippen molar-refractivity contribution in [2.45, 2.75) is 71.0 Å². The molecule has 0 bridgehead atoms. The summed E-state index contributed by atoms with van der Waals surface area (Å²) in [5, 5.41) is 9.63. The number of carbonyl (C=O) groups excluding carboxylic acids is 1. The summed E-state index contributed by atoms with van der Waals surface area (Å²) >= 11 is 0. The Morgan fingerprint density at radius 1 is 1.12 bits per heavy atom. The normalized spacial score (nSPS) is 30.9. The third-order valence-electron chi connectivity index (χ3n) is 5.95. The minimum Gasteiger partial charge on any atom is -0.444 e. The van der Waals surface area contributed by atoms with E-state index >= 15 is 0 Å². The lowest BCUT2D eigenvalue weighted by molar-refractivity contribution is -0.0613. The average molecular weight is 338 g/mol. The van der Waals surface area contributed by atoms with Crippen molar-refractivity contribution in [2.75, 3.05) is 32.7 Å². The molecule has 1 saturated carbocycles. The number of aliphatic hydroxyl groups excluding tert-OH is 1. The number of hydrogen-bond donors (Lipinski definition) is 1. The lowest BCUT2D eigenvalue weighted by atomic mass is 9.72. The molecule has 5 nitrogen and oxygen atoms in total. The number of nitrogens with zero attached hydrogens (tertiary/aromatic N) is 2. The van der Waals surface area contributed by atoms with E-state index in [2.05, 4.69) is 4.90 Å². The molecule has 3 rings (SSSR count). The van der Waals surface area contributed by atoms with Crippen LogP contribution >= 0.6 is 0 Å². The van der Waals surface area contributed by atoms with E-state index in [0.717, 1.165) is 44.9 Å². The number of ether oxygens (including phenoxy) is 1. The van der Waals surface area contributed by atoms with E-state index in [4.69, 9.17) is 4.74 Å². The highest BCUT2D eigenvalue weighted by Gasteiger charge is 2.47. The zero-order chi connectivity index (χ0) is 17.4. The van der Waals surface area contributed by atoms with Gasteiger partial charge in [-0.1, -0.05) is 0 Å². The number of hydrogen-bond acceptors (Lipinski definition) is 4. The van der Waals surface area contributed by atoms with Crippen LogP contribution in [0.15, 0.2) is 0 Å². The van der Waals surface area contributed by atoms with Crippen LogP contribution in [0.5, 0.6) is 0 Å². The molecule has 0 aromatic carbocycles. The Balaban J connectivity index is 1.38. The zero-order valence-electron chi connectivity index (χ0n) is 15.6. The fourth-order valence-electron chi connectivity index (χ4n) is 4.44. The molecule has 0 aromatic heterocycles. The average Bonchev–Trinajstić information content (AvgIpc) is 2.46. The van der Waals surface area contributed by atoms with E-state index in [1.54, 1.807) is 0 Å². The van der Waals surface area contributed by atoms with Crippen molar-refractivity contribution < 1.29 is 14.6 Å². The van der Waals surface area contributed by atoms with Gasteiger partial charge in [-0.25, -0.2) is 4.79 Å². The zero-order valence-corrected chi connectivity index (χ0v) is 15.6. The van der Waals surface area contributed by atoms with E-state index < -0.39 is 5.60 Å². The van der Waals surface area contributed by atoms with Gasteiger partial charge < -0.3 is 19.6 Å². The van der Waals surface area contributed by atoms with Gasteiger partial charge in [-0.2, -0.15) is 0 Å². The highest BCUT2D eigenvalue weighted by Crippen LogP contribution is 2.41. The molecule has 2 heterocycles. The number of piperidine rings is 1. The molecule has 2 aliphatic heterocycles. The number of aliphatic hydroxyl groups is 1. The standard InChI is InChI=1S/C19H34N2O3/c1-18(2,3)24-17(23)21-13-19(14-21)8-10-20(11-9-19)12-15-4-6-16(22)7-5-15/h15-16,22H,4-14H2,1-3H3. The second kappa shape index (κ2) is 6.83. The number of rotatable bonds is 2. The van der Waals surface area contributed by atoms with E-state index in [-0.39, 0.29) is 12.2 Å². The van der Waals surface area contributed by atoms with Crippen LogP contribution in [0.1, 0.15) is 59.3 Å². The Bertz CT molecular complexity index is 436. The van der Waals surface area contributed by atoms with E-state index in [1.165, 1.54) is 32.2 Å². The second-order valence-electron chi connectivity index (χ2n) is 9.31. The minimum atomic E-state index is -0.406. The summed E-state index contributed by atoms with van der Waals surface area (Å²) in [6.45, 7) is 11.0. The summed E-state index contributed by atoms with van der Waals surface area (Å²) in [4.78, 5) is 16.6. The molecule has 0 radical (unpaired) electrons. The predicted molar refractivity (Wildman–Crippen MR) is 93.9 cm³/mol. The van der Waals surface area contributed by atoms with Crippen LogP contribution in [-0.4, -0.2) is 65.4 Å². The van der Waals surface area contributed by atoms with E-state index in [9.17, 15) is 9.90 Å². The monoisotopic (exact) mass is 338 g/mol. The lowest BCUT2D eigenvalue weighted by Crippen LogP contribution is -2.62. The van der Waals surface area contributed by atoms with Crippen molar-refractivity contribution in [2.24, 2.45) is 11.3 Å². The first-order valence-electron chi connectivity index (χ1n) is 9.63. The molecule has 3 fully saturated rings. The molecule has 24 heavy (non-hydrogen) atoms. The van der Waals surface area contributed by atoms with Gasteiger partial charge in [0.15, 0.2) is 0 Å². The van der Waals surface area contributed by atoms with Gasteiger partial charge in [0.05, 0.1) is 6.10 Å². The van der Waals surface area contributed by atoms with Crippen molar-refractivity contribution in [3.8, 4) is 0 Å². The molecule has 2 saturated heterocycles. The maximum Gasteiger partial charge on any atom is 0.410 e. The lowest BCUT2D eigenvalue weighted by Gasteiger charge is -2.54. The minimum absolute atomic E-state index is 0.0558. The van der Waals surface area contributed by atoms with E-state index in [0.29, 0.717) is 5.41 Å². The summed E-state index contributed by atoms with van der Waals surface area (Å²) in [6.07, 6.45) is 6.49. The molecular formula is C19H34N2O3. The molecule has 1 aliphatic carbocycles. The largest absolute Gasteiger partial charge is 0.444 e. The molecule has 1 amide bonds. The molecule has 0 unspecified atom stereocenters. The van der Waals surface area contributed by atoms with Crippen LogP contribution in [0.4, 0.5) is 4.79 Å². The Labute approximate surface area is 146 Å². The first kappa shape index (κ1) is 18.0.